The molecule has 4 aromatic carbocycles. The molecule has 0 fully saturated rings. The Morgan fingerprint density at radius 2 is 1.46 bits per heavy atom. The van der Waals surface area contributed by atoms with Crippen molar-refractivity contribution in [2.75, 3.05) is 26.6 Å². The van der Waals surface area contributed by atoms with E-state index >= 15 is 0 Å². The second-order valence-electron chi connectivity index (χ2n) is 8.42. The van der Waals surface area contributed by atoms with E-state index in [2.05, 4.69) is 29.6 Å². The fourth-order valence-corrected chi connectivity index (χ4v) is 5.10. The number of rotatable bonds is 4. The largest absolute Gasteiger partial charge is 0.493 e. The minimum atomic E-state index is -0.492. The molecule has 5 aromatic rings. The zero-order valence-electron chi connectivity index (χ0n) is 19.5. The summed E-state index contributed by atoms with van der Waals surface area (Å²) >= 11 is 0. The van der Waals surface area contributed by atoms with Gasteiger partial charge >= 0.3 is 5.63 Å². The first-order valence-corrected chi connectivity index (χ1v) is 11.3. The number of methoxy groups -OCH3 is 3. The molecule has 1 N–H and O–H groups in total. The summed E-state index contributed by atoms with van der Waals surface area (Å²) in [5, 5.41) is 6.65. The summed E-state index contributed by atoms with van der Waals surface area (Å²) in [7, 11) is 4.72. The normalized spacial score (nSPS) is 14.2. The lowest BCUT2D eigenvalue weighted by Gasteiger charge is -2.31. The molecule has 1 aliphatic rings. The highest BCUT2D eigenvalue weighted by Gasteiger charge is 2.33. The third-order valence-electron chi connectivity index (χ3n) is 6.64. The molecule has 174 valence electrons. The van der Waals surface area contributed by atoms with Gasteiger partial charge in [0.25, 0.3) is 0 Å². The van der Waals surface area contributed by atoms with Crippen LogP contribution in [0.4, 0.5) is 5.69 Å². The summed E-state index contributed by atoms with van der Waals surface area (Å²) in [5.74, 6) is 1.52. The summed E-state index contributed by atoms with van der Waals surface area (Å²) < 4.78 is 22.5. The lowest BCUT2D eigenvalue weighted by molar-refractivity contribution is 0.323. The van der Waals surface area contributed by atoms with Crippen molar-refractivity contribution in [3.8, 4) is 28.4 Å². The molecule has 0 bridgehead atoms. The van der Waals surface area contributed by atoms with Gasteiger partial charge in [-0.2, -0.15) is 0 Å². The van der Waals surface area contributed by atoms with Gasteiger partial charge in [0, 0.05) is 22.2 Å². The van der Waals surface area contributed by atoms with Crippen molar-refractivity contribution in [2.24, 2.45) is 0 Å². The molecule has 2 heterocycles. The number of anilines is 1. The molecular weight excluding hydrogens is 442 g/mol. The first-order chi connectivity index (χ1) is 17.1. The third-order valence-corrected chi connectivity index (χ3v) is 6.64. The number of hydrogen-bond acceptors (Lipinski definition) is 6. The molecule has 0 radical (unpaired) electrons. The Labute approximate surface area is 201 Å². The van der Waals surface area contributed by atoms with Crippen LogP contribution in [-0.4, -0.2) is 21.3 Å². The Hall–Kier alpha value is -4.45. The van der Waals surface area contributed by atoms with E-state index < -0.39 is 6.04 Å². The molecule has 1 atom stereocenters. The highest BCUT2D eigenvalue weighted by molar-refractivity contribution is 6.11. The summed E-state index contributed by atoms with van der Waals surface area (Å²) in [4.78, 5) is 13.5. The highest BCUT2D eigenvalue weighted by Crippen LogP contribution is 2.49. The standard InChI is InChI=1S/C29H23NO5/c1-32-22-14-17(15-23(33-2)28(22)34-3)27-26-25(19-10-6-7-11-21(19)35-29(26)31)24-18-9-5-4-8-16(18)12-13-20(24)30-27/h4-15,27,30H,1-3H3/t27-/m0/s1. The van der Waals surface area contributed by atoms with Gasteiger partial charge in [0.15, 0.2) is 11.5 Å². The highest BCUT2D eigenvalue weighted by atomic mass is 16.5. The van der Waals surface area contributed by atoms with Gasteiger partial charge in [-0.3, -0.25) is 0 Å². The summed E-state index contributed by atoms with van der Waals surface area (Å²) in [6.07, 6.45) is 0. The average Bonchev–Trinajstić information content (AvgIpc) is 2.91. The van der Waals surface area contributed by atoms with Gasteiger partial charge in [-0.25, -0.2) is 4.79 Å². The Kier molecular flexibility index (Phi) is 4.88. The van der Waals surface area contributed by atoms with E-state index in [-0.39, 0.29) is 5.63 Å². The molecule has 0 spiro atoms. The van der Waals surface area contributed by atoms with E-state index in [1.54, 1.807) is 21.3 Å². The average molecular weight is 466 g/mol. The van der Waals surface area contributed by atoms with Crippen LogP contribution in [0.15, 0.2) is 82.0 Å². The van der Waals surface area contributed by atoms with Crippen molar-refractivity contribution in [3.63, 3.8) is 0 Å². The molecule has 1 aliphatic heterocycles. The topological polar surface area (TPSA) is 69.9 Å². The maximum atomic E-state index is 13.5. The van der Waals surface area contributed by atoms with Crippen LogP contribution in [0.2, 0.25) is 0 Å². The van der Waals surface area contributed by atoms with E-state index in [0.717, 1.165) is 38.5 Å². The molecule has 35 heavy (non-hydrogen) atoms. The first kappa shape index (κ1) is 21.1. The van der Waals surface area contributed by atoms with Crippen molar-refractivity contribution >= 4 is 27.4 Å². The van der Waals surface area contributed by atoms with E-state index in [4.69, 9.17) is 18.6 Å². The second-order valence-corrected chi connectivity index (χ2v) is 8.42. The fourth-order valence-electron chi connectivity index (χ4n) is 5.10. The van der Waals surface area contributed by atoms with Crippen LogP contribution in [-0.2, 0) is 0 Å². The van der Waals surface area contributed by atoms with E-state index in [1.165, 1.54) is 0 Å². The Balaban J connectivity index is 1.72. The fraction of sp³-hybridized carbons (Fsp3) is 0.138. The Morgan fingerprint density at radius 3 is 2.17 bits per heavy atom. The summed E-state index contributed by atoms with van der Waals surface area (Å²) in [6.45, 7) is 0. The molecular formula is C29H23NO5. The molecule has 0 saturated carbocycles. The van der Waals surface area contributed by atoms with Gasteiger partial charge in [0.2, 0.25) is 5.75 Å². The van der Waals surface area contributed by atoms with Gasteiger partial charge in [0.05, 0.1) is 32.9 Å². The molecule has 0 amide bonds. The van der Waals surface area contributed by atoms with Crippen LogP contribution in [0, 0.1) is 0 Å². The van der Waals surface area contributed by atoms with Gasteiger partial charge in [-0.15, -0.1) is 0 Å². The van der Waals surface area contributed by atoms with Gasteiger partial charge < -0.3 is 23.9 Å². The lowest BCUT2D eigenvalue weighted by Crippen LogP contribution is -2.25. The van der Waals surface area contributed by atoms with Gasteiger partial charge in [-0.05, 0) is 40.6 Å². The number of benzene rings is 4. The summed E-state index contributed by atoms with van der Waals surface area (Å²) in [6, 6.07) is 23.3. The number of fused-ring (bicyclic) bond motifs is 7. The SMILES string of the molecule is COc1cc([C@@H]2Nc3ccc4ccccc4c3-c3c2c(=O)oc2ccccc32)cc(OC)c1OC. The van der Waals surface area contributed by atoms with Crippen molar-refractivity contribution in [1.29, 1.82) is 0 Å². The molecule has 0 saturated heterocycles. The molecule has 6 nitrogen and oxygen atoms in total. The van der Waals surface area contributed by atoms with Crippen LogP contribution in [0.5, 0.6) is 17.2 Å². The van der Waals surface area contributed by atoms with Gasteiger partial charge in [0.1, 0.15) is 5.58 Å². The quantitative estimate of drug-likeness (QED) is 0.321. The Bertz CT molecular complexity index is 1650. The molecule has 0 aliphatic carbocycles. The maximum Gasteiger partial charge on any atom is 0.342 e. The van der Waals surface area contributed by atoms with Crippen molar-refractivity contribution in [3.05, 3.63) is 94.3 Å². The predicted molar refractivity (Wildman–Crippen MR) is 137 cm³/mol. The van der Waals surface area contributed by atoms with Crippen LogP contribution >= 0.6 is 0 Å². The predicted octanol–water partition coefficient (Wildman–Crippen LogP) is 6.15. The molecule has 6 heteroatoms. The van der Waals surface area contributed by atoms with Crippen molar-refractivity contribution in [1.82, 2.24) is 0 Å². The minimum absolute atomic E-state index is 0.386. The van der Waals surface area contributed by atoms with Crippen LogP contribution in [0.3, 0.4) is 0 Å². The third kappa shape index (κ3) is 3.14. The number of para-hydroxylation sites is 1. The Morgan fingerprint density at radius 1 is 0.771 bits per heavy atom. The summed E-state index contributed by atoms with van der Waals surface area (Å²) in [5.41, 5.74) is 4.31. The zero-order valence-corrected chi connectivity index (χ0v) is 19.5. The number of nitrogens with one attached hydrogen (secondary N) is 1. The monoisotopic (exact) mass is 465 g/mol. The maximum absolute atomic E-state index is 13.5. The van der Waals surface area contributed by atoms with Crippen LogP contribution in [0.1, 0.15) is 17.2 Å². The molecule has 1 aromatic heterocycles. The van der Waals surface area contributed by atoms with E-state index in [0.29, 0.717) is 28.4 Å². The van der Waals surface area contributed by atoms with E-state index in [9.17, 15) is 4.79 Å². The first-order valence-electron chi connectivity index (χ1n) is 11.3. The number of hydrogen-bond donors (Lipinski definition) is 1. The molecule has 6 rings (SSSR count). The zero-order chi connectivity index (χ0) is 24.1. The van der Waals surface area contributed by atoms with Crippen molar-refractivity contribution < 1.29 is 18.6 Å². The smallest absolute Gasteiger partial charge is 0.342 e. The number of ether oxygens (including phenoxy) is 3. The lowest BCUT2D eigenvalue weighted by atomic mass is 9.83. The minimum Gasteiger partial charge on any atom is -0.493 e. The van der Waals surface area contributed by atoms with Gasteiger partial charge in [-0.1, -0.05) is 48.5 Å². The molecule has 0 unspecified atom stereocenters. The van der Waals surface area contributed by atoms with Crippen LogP contribution < -0.4 is 25.2 Å². The van der Waals surface area contributed by atoms with Crippen molar-refractivity contribution in [2.45, 2.75) is 6.04 Å². The second kappa shape index (κ2) is 8.09. The van der Waals surface area contributed by atoms with E-state index in [1.807, 2.05) is 48.5 Å². The van der Waals surface area contributed by atoms with Crippen LogP contribution in [0.25, 0.3) is 32.9 Å².